The van der Waals surface area contributed by atoms with Crippen molar-refractivity contribution in [1.29, 1.82) is 0 Å². The Labute approximate surface area is 181 Å². The van der Waals surface area contributed by atoms with E-state index in [4.69, 9.17) is 0 Å². The molecule has 6 nitrogen and oxygen atoms in total. The standard InChI is InChI=1S/C25H22N4O2/c1-19(16-20-8-4-2-5-9-20)17-23(28-24(30)22-10-6-3-7-11-22)25(31)29-27-18-21-12-14-26-15-13-21/h2-18H,1H3,(H,28,30)(H,29,31)/b19-16+,23-17-,27-18-. The summed E-state index contributed by atoms with van der Waals surface area (Å²) in [6, 6.07) is 21.9. The number of benzene rings is 2. The van der Waals surface area contributed by atoms with Crippen LogP contribution < -0.4 is 10.7 Å². The van der Waals surface area contributed by atoms with Gasteiger partial charge in [-0.05, 0) is 54.0 Å². The fourth-order valence-corrected chi connectivity index (χ4v) is 2.70. The Balaban J connectivity index is 1.80. The number of hydrogen-bond acceptors (Lipinski definition) is 4. The van der Waals surface area contributed by atoms with Crippen LogP contribution in [0.4, 0.5) is 0 Å². The summed E-state index contributed by atoms with van der Waals surface area (Å²) in [7, 11) is 0. The Morgan fingerprint density at radius 3 is 2.19 bits per heavy atom. The molecular formula is C25H22N4O2. The van der Waals surface area contributed by atoms with Crippen LogP contribution in [-0.2, 0) is 4.79 Å². The predicted octanol–water partition coefficient (Wildman–Crippen LogP) is 3.95. The first-order valence-corrected chi connectivity index (χ1v) is 9.67. The quantitative estimate of drug-likeness (QED) is 0.268. The average Bonchev–Trinajstić information content (AvgIpc) is 2.80. The summed E-state index contributed by atoms with van der Waals surface area (Å²) < 4.78 is 0. The summed E-state index contributed by atoms with van der Waals surface area (Å²) in [6.07, 6.45) is 8.30. The normalized spacial score (nSPS) is 11.9. The van der Waals surface area contributed by atoms with Crippen molar-refractivity contribution in [3.8, 4) is 0 Å². The first-order valence-electron chi connectivity index (χ1n) is 9.67. The van der Waals surface area contributed by atoms with Crippen molar-refractivity contribution in [3.63, 3.8) is 0 Å². The van der Waals surface area contributed by atoms with Crippen molar-refractivity contribution in [1.82, 2.24) is 15.7 Å². The molecule has 2 aromatic carbocycles. The Kier molecular flexibility index (Phi) is 7.60. The molecule has 0 unspecified atom stereocenters. The Morgan fingerprint density at radius 2 is 1.52 bits per heavy atom. The van der Waals surface area contributed by atoms with Gasteiger partial charge in [0.05, 0.1) is 6.21 Å². The molecule has 0 aliphatic carbocycles. The second kappa shape index (κ2) is 11.0. The van der Waals surface area contributed by atoms with E-state index in [-0.39, 0.29) is 11.6 Å². The lowest BCUT2D eigenvalue weighted by Gasteiger charge is -2.09. The van der Waals surface area contributed by atoms with Crippen molar-refractivity contribution < 1.29 is 9.59 Å². The number of hydrazone groups is 1. The third kappa shape index (κ3) is 6.90. The van der Waals surface area contributed by atoms with Gasteiger partial charge in [0.25, 0.3) is 11.8 Å². The maximum atomic E-state index is 12.7. The molecule has 0 bridgehead atoms. The Morgan fingerprint density at radius 1 is 0.871 bits per heavy atom. The van der Waals surface area contributed by atoms with Crippen molar-refractivity contribution in [3.05, 3.63) is 119 Å². The lowest BCUT2D eigenvalue weighted by Crippen LogP contribution is -2.33. The van der Waals surface area contributed by atoms with Crippen molar-refractivity contribution >= 4 is 24.1 Å². The molecular weight excluding hydrogens is 388 g/mol. The minimum Gasteiger partial charge on any atom is -0.317 e. The lowest BCUT2D eigenvalue weighted by atomic mass is 10.1. The summed E-state index contributed by atoms with van der Waals surface area (Å²) >= 11 is 0. The average molecular weight is 410 g/mol. The lowest BCUT2D eigenvalue weighted by molar-refractivity contribution is -0.117. The summed E-state index contributed by atoms with van der Waals surface area (Å²) in [5, 5.41) is 6.65. The number of rotatable bonds is 7. The van der Waals surface area contributed by atoms with Gasteiger partial charge in [-0.3, -0.25) is 14.6 Å². The maximum Gasteiger partial charge on any atom is 0.287 e. The maximum absolute atomic E-state index is 12.7. The van der Waals surface area contributed by atoms with E-state index in [0.29, 0.717) is 5.56 Å². The van der Waals surface area contributed by atoms with Crippen LogP contribution in [0.15, 0.2) is 108 Å². The molecule has 2 N–H and O–H groups in total. The summed E-state index contributed by atoms with van der Waals surface area (Å²) in [5.74, 6) is -0.914. The molecule has 0 spiro atoms. The SMILES string of the molecule is CC(/C=C(\NC(=O)c1ccccc1)C(=O)N/N=C\c1ccncc1)=C\c1ccccc1. The van der Waals surface area contributed by atoms with Crippen LogP contribution in [0.25, 0.3) is 6.08 Å². The second-order valence-corrected chi connectivity index (χ2v) is 6.66. The van der Waals surface area contributed by atoms with Crippen LogP contribution in [0.2, 0.25) is 0 Å². The van der Waals surface area contributed by atoms with Gasteiger partial charge in [0.1, 0.15) is 5.70 Å². The van der Waals surface area contributed by atoms with Gasteiger partial charge in [-0.25, -0.2) is 5.43 Å². The van der Waals surface area contributed by atoms with Gasteiger partial charge < -0.3 is 5.32 Å². The smallest absolute Gasteiger partial charge is 0.287 e. The number of aromatic nitrogens is 1. The number of amides is 2. The molecule has 2 amide bonds. The molecule has 0 saturated carbocycles. The van der Waals surface area contributed by atoms with Gasteiger partial charge in [0.15, 0.2) is 0 Å². The molecule has 0 fully saturated rings. The highest BCUT2D eigenvalue weighted by Crippen LogP contribution is 2.10. The number of allylic oxidation sites excluding steroid dienone is 2. The number of pyridine rings is 1. The highest BCUT2D eigenvalue weighted by Gasteiger charge is 2.14. The van der Waals surface area contributed by atoms with E-state index in [0.717, 1.165) is 16.7 Å². The summed E-state index contributed by atoms with van der Waals surface area (Å²) in [6.45, 7) is 1.86. The highest BCUT2D eigenvalue weighted by molar-refractivity contribution is 6.03. The number of carbonyl (C=O) groups is 2. The molecule has 1 heterocycles. The zero-order chi connectivity index (χ0) is 21.9. The minimum atomic E-state index is -0.532. The predicted molar refractivity (Wildman–Crippen MR) is 122 cm³/mol. The highest BCUT2D eigenvalue weighted by atomic mass is 16.2. The fourth-order valence-electron chi connectivity index (χ4n) is 2.70. The van der Waals surface area contributed by atoms with E-state index in [9.17, 15) is 9.59 Å². The summed E-state index contributed by atoms with van der Waals surface area (Å²) in [4.78, 5) is 29.3. The molecule has 0 aliphatic heterocycles. The van der Waals surface area contributed by atoms with E-state index in [1.807, 2.05) is 49.4 Å². The Hall–Kier alpha value is -4.32. The van der Waals surface area contributed by atoms with Gasteiger partial charge in [-0.2, -0.15) is 5.10 Å². The zero-order valence-electron chi connectivity index (χ0n) is 17.0. The van der Waals surface area contributed by atoms with Crippen molar-refractivity contribution in [2.45, 2.75) is 6.92 Å². The largest absolute Gasteiger partial charge is 0.317 e. The molecule has 0 aliphatic rings. The van der Waals surface area contributed by atoms with E-state index in [1.165, 1.54) is 6.21 Å². The van der Waals surface area contributed by atoms with Crippen LogP contribution in [-0.4, -0.2) is 23.0 Å². The third-order valence-corrected chi connectivity index (χ3v) is 4.18. The minimum absolute atomic E-state index is 0.0883. The first-order chi connectivity index (χ1) is 15.1. The topological polar surface area (TPSA) is 83.5 Å². The van der Waals surface area contributed by atoms with Gasteiger partial charge in [0, 0.05) is 18.0 Å². The Bertz CT molecular complexity index is 1110. The van der Waals surface area contributed by atoms with E-state index < -0.39 is 5.91 Å². The van der Waals surface area contributed by atoms with Crippen LogP contribution in [0.1, 0.15) is 28.4 Å². The first kappa shape index (κ1) is 21.4. The molecule has 31 heavy (non-hydrogen) atoms. The molecule has 3 aromatic rings. The van der Waals surface area contributed by atoms with Gasteiger partial charge in [-0.15, -0.1) is 0 Å². The third-order valence-electron chi connectivity index (χ3n) is 4.18. The van der Waals surface area contributed by atoms with Crippen LogP contribution >= 0.6 is 0 Å². The second-order valence-electron chi connectivity index (χ2n) is 6.66. The number of carbonyl (C=O) groups excluding carboxylic acids is 2. The van der Waals surface area contributed by atoms with Crippen molar-refractivity contribution in [2.24, 2.45) is 5.10 Å². The molecule has 0 atom stereocenters. The monoisotopic (exact) mass is 410 g/mol. The van der Waals surface area contributed by atoms with E-state index >= 15 is 0 Å². The number of hydrogen-bond donors (Lipinski definition) is 2. The zero-order valence-corrected chi connectivity index (χ0v) is 17.0. The molecule has 3 rings (SSSR count). The molecule has 1 aromatic heterocycles. The van der Waals surface area contributed by atoms with Crippen LogP contribution in [0.5, 0.6) is 0 Å². The van der Waals surface area contributed by atoms with E-state index in [2.05, 4.69) is 20.8 Å². The van der Waals surface area contributed by atoms with E-state index in [1.54, 1.807) is 54.9 Å². The number of nitrogens with one attached hydrogen (secondary N) is 2. The molecule has 6 heteroatoms. The van der Waals surface area contributed by atoms with Crippen LogP contribution in [0.3, 0.4) is 0 Å². The van der Waals surface area contributed by atoms with Gasteiger partial charge in [-0.1, -0.05) is 54.6 Å². The van der Waals surface area contributed by atoms with Gasteiger partial charge in [0.2, 0.25) is 0 Å². The molecule has 0 saturated heterocycles. The summed E-state index contributed by atoms with van der Waals surface area (Å²) in [5.41, 5.74) is 5.56. The van der Waals surface area contributed by atoms with Gasteiger partial charge >= 0.3 is 0 Å². The van der Waals surface area contributed by atoms with Crippen molar-refractivity contribution in [2.75, 3.05) is 0 Å². The molecule has 0 radical (unpaired) electrons. The fraction of sp³-hybridized carbons (Fsp3) is 0.0400. The number of nitrogens with zero attached hydrogens (tertiary/aromatic N) is 2. The van der Waals surface area contributed by atoms with Crippen LogP contribution in [0, 0.1) is 0 Å². The molecule has 154 valence electrons.